The van der Waals surface area contributed by atoms with Crippen molar-refractivity contribution in [3.8, 4) is 0 Å². The van der Waals surface area contributed by atoms with Gasteiger partial charge in [-0.2, -0.15) is 0 Å². The van der Waals surface area contributed by atoms with Crippen LogP contribution >= 0.6 is 11.6 Å². The summed E-state index contributed by atoms with van der Waals surface area (Å²) in [5.41, 5.74) is 1.15. The zero-order valence-electron chi connectivity index (χ0n) is 10.6. The van der Waals surface area contributed by atoms with Crippen LogP contribution in [0.15, 0.2) is 42.5 Å². The lowest BCUT2D eigenvalue weighted by Gasteiger charge is -2.16. The van der Waals surface area contributed by atoms with E-state index in [-0.39, 0.29) is 16.8 Å². The van der Waals surface area contributed by atoms with Gasteiger partial charge in [0.1, 0.15) is 11.5 Å². The molecule has 6 heteroatoms. The molecule has 0 radical (unpaired) electrons. The molecule has 2 aromatic rings. The van der Waals surface area contributed by atoms with Gasteiger partial charge in [-0.25, -0.2) is 4.39 Å². The number of nitrogens with zero attached hydrogens (tertiary/aromatic N) is 1. The van der Waals surface area contributed by atoms with Gasteiger partial charge in [-0.15, -0.1) is 0 Å². The minimum Gasteiger partial charge on any atom is -0.373 e. The lowest BCUT2D eigenvalue weighted by atomic mass is 10.1. The Morgan fingerprint density at radius 1 is 1.30 bits per heavy atom. The van der Waals surface area contributed by atoms with Crippen LogP contribution in [0.25, 0.3) is 0 Å². The Morgan fingerprint density at radius 2 is 2.00 bits per heavy atom. The van der Waals surface area contributed by atoms with Crippen molar-refractivity contribution >= 4 is 23.0 Å². The van der Waals surface area contributed by atoms with Gasteiger partial charge in [-0.1, -0.05) is 29.8 Å². The van der Waals surface area contributed by atoms with E-state index in [2.05, 4.69) is 5.32 Å². The number of nitrogens with one attached hydrogen (secondary N) is 1. The first-order valence-corrected chi connectivity index (χ1v) is 6.31. The van der Waals surface area contributed by atoms with Gasteiger partial charge in [-0.05, 0) is 30.7 Å². The van der Waals surface area contributed by atoms with Crippen LogP contribution in [-0.4, -0.2) is 4.92 Å². The summed E-state index contributed by atoms with van der Waals surface area (Å²) in [6.07, 6.45) is 0. The summed E-state index contributed by atoms with van der Waals surface area (Å²) < 4.78 is 13.1. The molecule has 104 valence electrons. The molecule has 2 aromatic carbocycles. The molecule has 2 rings (SSSR count). The van der Waals surface area contributed by atoms with Crippen molar-refractivity contribution in [1.29, 1.82) is 0 Å². The average Bonchev–Trinajstić information content (AvgIpc) is 2.42. The van der Waals surface area contributed by atoms with Crippen LogP contribution in [0.2, 0.25) is 5.02 Å². The van der Waals surface area contributed by atoms with Gasteiger partial charge in [0, 0.05) is 12.1 Å². The second kappa shape index (κ2) is 5.88. The van der Waals surface area contributed by atoms with E-state index in [1.807, 2.05) is 6.92 Å². The van der Waals surface area contributed by atoms with E-state index in [1.165, 1.54) is 18.2 Å². The third kappa shape index (κ3) is 3.05. The first-order chi connectivity index (χ1) is 9.49. The smallest absolute Gasteiger partial charge is 0.292 e. The number of halogens is 2. The van der Waals surface area contributed by atoms with Gasteiger partial charge >= 0.3 is 0 Å². The summed E-state index contributed by atoms with van der Waals surface area (Å²) in [7, 11) is 0. The predicted molar refractivity (Wildman–Crippen MR) is 76.5 cm³/mol. The molecular weight excluding hydrogens is 283 g/mol. The predicted octanol–water partition coefficient (Wildman–Crippen LogP) is 4.56. The first-order valence-electron chi connectivity index (χ1n) is 5.94. The maximum atomic E-state index is 13.1. The van der Waals surface area contributed by atoms with Crippen LogP contribution in [0.1, 0.15) is 18.5 Å². The highest BCUT2D eigenvalue weighted by Gasteiger charge is 2.15. The fourth-order valence-electron chi connectivity index (χ4n) is 1.85. The summed E-state index contributed by atoms with van der Waals surface area (Å²) in [6.45, 7) is 1.82. The van der Waals surface area contributed by atoms with E-state index in [1.54, 1.807) is 24.3 Å². The molecule has 0 aliphatic carbocycles. The largest absolute Gasteiger partial charge is 0.373 e. The van der Waals surface area contributed by atoms with Crippen LogP contribution in [-0.2, 0) is 0 Å². The van der Waals surface area contributed by atoms with E-state index in [0.29, 0.717) is 5.69 Å². The molecular formula is C14H12ClFN2O2. The number of nitro benzene ring substituents is 1. The minimum atomic E-state index is -0.492. The maximum Gasteiger partial charge on any atom is 0.292 e. The molecule has 0 spiro atoms. The number of anilines is 1. The third-order valence-corrected chi connectivity index (χ3v) is 3.21. The zero-order chi connectivity index (χ0) is 14.7. The summed E-state index contributed by atoms with van der Waals surface area (Å²) in [4.78, 5) is 10.5. The summed E-state index contributed by atoms with van der Waals surface area (Å²) in [6, 6.07) is 10.5. The van der Waals surface area contributed by atoms with Crippen LogP contribution < -0.4 is 5.32 Å². The standard InChI is InChI=1S/C14H12ClFN2O2/c1-9(10-6-7-12(16)11(15)8-10)17-13-4-2-3-5-14(13)18(19)20/h2-9,17H,1H3. The normalized spacial score (nSPS) is 11.9. The summed E-state index contributed by atoms with van der Waals surface area (Å²) in [5.74, 6) is -0.492. The Labute approximate surface area is 120 Å². The Hall–Kier alpha value is -2.14. The molecule has 0 aliphatic rings. The van der Waals surface area contributed by atoms with E-state index in [4.69, 9.17) is 11.6 Å². The lowest BCUT2D eigenvalue weighted by molar-refractivity contribution is -0.384. The molecule has 0 aromatic heterocycles. The molecule has 0 amide bonds. The Bertz CT molecular complexity index is 649. The number of rotatable bonds is 4. The second-order valence-electron chi connectivity index (χ2n) is 4.31. The Kier molecular flexibility index (Phi) is 4.20. The zero-order valence-corrected chi connectivity index (χ0v) is 11.4. The van der Waals surface area contributed by atoms with Crippen LogP contribution in [0, 0.1) is 15.9 Å². The summed E-state index contributed by atoms with van der Waals surface area (Å²) >= 11 is 5.73. The van der Waals surface area contributed by atoms with Crippen molar-refractivity contribution in [1.82, 2.24) is 0 Å². The highest BCUT2D eigenvalue weighted by Crippen LogP contribution is 2.28. The summed E-state index contributed by atoms with van der Waals surface area (Å²) in [5, 5.41) is 14.0. The van der Waals surface area contributed by atoms with Crippen molar-refractivity contribution < 1.29 is 9.31 Å². The van der Waals surface area contributed by atoms with Crippen LogP contribution in [0.3, 0.4) is 0 Å². The van der Waals surface area contributed by atoms with Crippen LogP contribution in [0.4, 0.5) is 15.8 Å². The molecule has 0 saturated carbocycles. The van der Waals surface area contributed by atoms with Crippen molar-refractivity contribution in [2.45, 2.75) is 13.0 Å². The average molecular weight is 295 g/mol. The molecule has 0 saturated heterocycles. The molecule has 1 atom stereocenters. The monoisotopic (exact) mass is 294 g/mol. The van der Waals surface area contributed by atoms with Crippen molar-refractivity contribution in [3.63, 3.8) is 0 Å². The minimum absolute atomic E-state index is 0.00689. The number of hydrogen-bond acceptors (Lipinski definition) is 3. The molecule has 4 nitrogen and oxygen atoms in total. The van der Waals surface area contributed by atoms with Crippen molar-refractivity contribution in [2.24, 2.45) is 0 Å². The number of nitro groups is 1. The Balaban J connectivity index is 2.25. The van der Waals surface area contributed by atoms with E-state index >= 15 is 0 Å². The fourth-order valence-corrected chi connectivity index (χ4v) is 2.04. The fraction of sp³-hybridized carbons (Fsp3) is 0.143. The number of benzene rings is 2. The van der Waals surface area contributed by atoms with E-state index in [9.17, 15) is 14.5 Å². The van der Waals surface area contributed by atoms with Crippen molar-refractivity contribution in [3.05, 3.63) is 69.0 Å². The topological polar surface area (TPSA) is 55.2 Å². The third-order valence-electron chi connectivity index (χ3n) is 2.92. The molecule has 0 heterocycles. The van der Waals surface area contributed by atoms with Gasteiger partial charge in [0.05, 0.1) is 9.95 Å². The quantitative estimate of drug-likeness (QED) is 0.664. The van der Waals surface area contributed by atoms with Gasteiger partial charge in [0.25, 0.3) is 5.69 Å². The first kappa shape index (κ1) is 14.3. The molecule has 0 aliphatic heterocycles. The van der Waals surface area contributed by atoms with Gasteiger partial charge in [0.15, 0.2) is 0 Å². The number of para-hydroxylation sites is 2. The lowest BCUT2D eigenvalue weighted by Crippen LogP contribution is -2.08. The maximum absolute atomic E-state index is 13.1. The second-order valence-corrected chi connectivity index (χ2v) is 4.72. The van der Waals surface area contributed by atoms with Crippen molar-refractivity contribution in [2.75, 3.05) is 5.32 Å². The SMILES string of the molecule is CC(Nc1ccccc1[N+](=O)[O-])c1ccc(F)c(Cl)c1. The highest BCUT2D eigenvalue weighted by molar-refractivity contribution is 6.30. The Morgan fingerprint density at radius 3 is 2.65 bits per heavy atom. The van der Waals surface area contributed by atoms with E-state index < -0.39 is 10.7 Å². The van der Waals surface area contributed by atoms with Gasteiger partial charge in [0.2, 0.25) is 0 Å². The van der Waals surface area contributed by atoms with Gasteiger partial charge in [-0.3, -0.25) is 10.1 Å². The molecule has 20 heavy (non-hydrogen) atoms. The highest BCUT2D eigenvalue weighted by atomic mass is 35.5. The molecule has 0 bridgehead atoms. The molecule has 1 unspecified atom stereocenters. The van der Waals surface area contributed by atoms with Crippen LogP contribution in [0.5, 0.6) is 0 Å². The van der Waals surface area contributed by atoms with Gasteiger partial charge < -0.3 is 5.32 Å². The number of hydrogen-bond donors (Lipinski definition) is 1. The molecule has 0 fully saturated rings. The molecule has 1 N–H and O–H groups in total. The van der Waals surface area contributed by atoms with E-state index in [0.717, 1.165) is 5.56 Å².